The number of thioether (sulfide) groups is 1. The molecule has 0 aliphatic carbocycles. The minimum atomic E-state index is 0.333. The number of nitrogen functional groups attached to an aromatic ring is 1. The molecule has 6 heteroatoms. The summed E-state index contributed by atoms with van der Waals surface area (Å²) >= 11 is 6.32. The molecule has 0 radical (unpaired) electrons. The van der Waals surface area contributed by atoms with E-state index in [1.54, 1.807) is 0 Å². The van der Waals surface area contributed by atoms with Crippen molar-refractivity contribution in [1.82, 2.24) is 14.8 Å². The van der Waals surface area contributed by atoms with Crippen LogP contribution in [0.4, 0.5) is 5.95 Å². The van der Waals surface area contributed by atoms with Crippen molar-refractivity contribution >= 4 is 34.2 Å². The van der Waals surface area contributed by atoms with Gasteiger partial charge in [0.2, 0.25) is 5.95 Å². The number of thiocarbonyl (C=S) groups is 1. The van der Waals surface area contributed by atoms with E-state index in [-0.39, 0.29) is 0 Å². The molecule has 0 amide bonds. The molecule has 10 heavy (non-hydrogen) atoms. The normalized spacial score (nSPS) is 9.70. The zero-order valence-electron chi connectivity index (χ0n) is 5.31. The first-order chi connectivity index (χ1) is 4.75. The maximum atomic E-state index is 5.41. The second-order valence-electron chi connectivity index (χ2n) is 1.50. The van der Waals surface area contributed by atoms with Gasteiger partial charge in [-0.25, -0.2) is 0 Å². The van der Waals surface area contributed by atoms with Crippen molar-refractivity contribution in [2.45, 2.75) is 0 Å². The lowest BCUT2D eigenvalue weighted by Crippen LogP contribution is -2.09. The standard InChI is InChI=1S/C4H6N4S2/c1-10-4(9)8-3(5)6-2-7-8/h2H,1H3,(H2,5,6,7). The van der Waals surface area contributed by atoms with Gasteiger partial charge in [-0.3, -0.25) is 0 Å². The molecule has 0 aliphatic rings. The van der Waals surface area contributed by atoms with E-state index in [0.29, 0.717) is 10.3 Å². The predicted molar refractivity (Wildman–Crippen MR) is 45.9 cm³/mol. The summed E-state index contributed by atoms with van der Waals surface area (Å²) in [5.74, 6) is 0.333. The maximum Gasteiger partial charge on any atom is 0.224 e. The molecule has 2 N–H and O–H groups in total. The van der Waals surface area contributed by atoms with Crippen LogP contribution >= 0.6 is 24.0 Å². The Morgan fingerprint density at radius 2 is 2.60 bits per heavy atom. The number of hydrogen-bond acceptors (Lipinski definition) is 5. The van der Waals surface area contributed by atoms with E-state index in [1.165, 1.54) is 22.8 Å². The largest absolute Gasteiger partial charge is 0.368 e. The summed E-state index contributed by atoms with van der Waals surface area (Å²) in [4.78, 5) is 3.71. The first-order valence-corrected chi connectivity index (χ1v) is 4.13. The van der Waals surface area contributed by atoms with E-state index in [2.05, 4.69) is 10.1 Å². The number of anilines is 1. The molecule has 0 fully saturated rings. The summed E-state index contributed by atoms with van der Waals surface area (Å²) in [6, 6.07) is 0. The van der Waals surface area contributed by atoms with Gasteiger partial charge < -0.3 is 5.73 Å². The van der Waals surface area contributed by atoms with Gasteiger partial charge in [0.25, 0.3) is 0 Å². The SMILES string of the molecule is CSC(=S)n1ncnc1N. The monoisotopic (exact) mass is 174 g/mol. The lowest BCUT2D eigenvalue weighted by atomic mass is 11.0. The van der Waals surface area contributed by atoms with Crippen molar-refractivity contribution in [2.75, 3.05) is 12.0 Å². The van der Waals surface area contributed by atoms with Crippen LogP contribution in [0.2, 0.25) is 0 Å². The zero-order chi connectivity index (χ0) is 7.56. The summed E-state index contributed by atoms with van der Waals surface area (Å²) < 4.78 is 2.02. The molecule has 1 aromatic rings. The second-order valence-corrected chi connectivity index (χ2v) is 2.94. The fourth-order valence-electron chi connectivity index (χ4n) is 0.478. The second kappa shape index (κ2) is 2.98. The van der Waals surface area contributed by atoms with E-state index < -0.39 is 0 Å². The van der Waals surface area contributed by atoms with Gasteiger partial charge in [-0.2, -0.15) is 14.8 Å². The fraction of sp³-hybridized carbons (Fsp3) is 0.250. The molecule has 0 spiro atoms. The van der Waals surface area contributed by atoms with E-state index in [4.69, 9.17) is 18.0 Å². The summed E-state index contributed by atoms with van der Waals surface area (Å²) in [5, 5.41) is 3.81. The highest BCUT2D eigenvalue weighted by molar-refractivity contribution is 8.22. The van der Waals surface area contributed by atoms with Crippen LogP contribution in [0.15, 0.2) is 6.33 Å². The molecular formula is C4H6N4S2. The topological polar surface area (TPSA) is 56.7 Å². The number of hydrogen-bond donors (Lipinski definition) is 1. The predicted octanol–water partition coefficient (Wildman–Crippen LogP) is 0.356. The number of nitrogens with zero attached hydrogens (tertiary/aromatic N) is 3. The average molecular weight is 174 g/mol. The van der Waals surface area contributed by atoms with Gasteiger partial charge in [-0.05, 0) is 6.26 Å². The van der Waals surface area contributed by atoms with Crippen LogP contribution in [0.3, 0.4) is 0 Å². The Kier molecular flexibility index (Phi) is 2.23. The van der Waals surface area contributed by atoms with Crippen LogP contribution in [-0.2, 0) is 0 Å². The Bertz CT molecular complexity index is 243. The summed E-state index contributed by atoms with van der Waals surface area (Å²) in [5.41, 5.74) is 5.41. The number of rotatable bonds is 0. The Labute approximate surface area is 67.8 Å². The van der Waals surface area contributed by atoms with Gasteiger partial charge >= 0.3 is 0 Å². The average Bonchev–Trinajstić information content (AvgIpc) is 2.34. The van der Waals surface area contributed by atoms with Gasteiger partial charge in [0.1, 0.15) is 6.33 Å². The summed E-state index contributed by atoms with van der Waals surface area (Å²) in [6.45, 7) is 0. The molecule has 0 aromatic carbocycles. The van der Waals surface area contributed by atoms with E-state index in [9.17, 15) is 0 Å². The van der Waals surface area contributed by atoms with E-state index in [1.807, 2.05) is 6.26 Å². The van der Waals surface area contributed by atoms with Crippen LogP contribution < -0.4 is 5.73 Å². The van der Waals surface area contributed by atoms with Gasteiger partial charge in [0, 0.05) is 0 Å². The molecule has 4 nitrogen and oxygen atoms in total. The molecule has 0 saturated carbocycles. The Balaban J connectivity index is 2.93. The molecule has 0 bridgehead atoms. The third kappa shape index (κ3) is 1.27. The van der Waals surface area contributed by atoms with E-state index in [0.717, 1.165) is 0 Å². The minimum Gasteiger partial charge on any atom is -0.368 e. The van der Waals surface area contributed by atoms with E-state index >= 15 is 0 Å². The van der Waals surface area contributed by atoms with Crippen LogP contribution in [0.25, 0.3) is 0 Å². The Morgan fingerprint density at radius 1 is 1.90 bits per heavy atom. The maximum absolute atomic E-state index is 5.41. The molecule has 1 heterocycles. The number of aromatic nitrogens is 3. The van der Waals surface area contributed by atoms with Crippen molar-refractivity contribution in [3.05, 3.63) is 6.33 Å². The highest BCUT2D eigenvalue weighted by atomic mass is 32.2. The molecule has 1 aromatic heterocycles. The molecule has 1 rings (SSSR count). The smallest absolute Gasteiger partial charge is 0.224 e. The fourth-order valence-corrected chi connectivity index (χ4v) is 0.932. The summed E-state index contributed by atoms with van der Waals surface area (Å²) in [6.07, 6.45) is 3.24. The van der Waals surface area contributed by atoms with Crippen LogP contribution in [0.1, 0.15) is 0 Å². The number of nitrogens with two attached hydrogens (primary N) is 1. The van der Waals surface area contributed by atoms with Crippen molar-refractivity contribution in [1.29, 1.82) is 0 Å². The van der Waals surface area contributed by atoms with Crippen LogP contribution in [-0.4, -0.2) is 25.3 Å². The molecule has 0 aliphatic heterocycles. The van der Waals surface area contributed by atoms with Crippen LogP contribution in [0, 0.1) is 0 Å². The van der Waals surface area contributed by atoms with Crippen molar-refractivity contribution in [2.24, 2.45) is 0 Å². The third-order valence-corrected chi connectivity index (χ3v) is 2.12. The highest BCUT2D eigenvalue weighted by Crippen LogP contribution is 2.03. The van der Waals surface area contributed by atoms with Crippen molar-refractivity contribution in [3.8, 4) is 0 Å². The molecular weight excluding hydrogens is 168 g/mol. The first kappa shape index (κ1) is 7.49. The Morgan fingerprint density at radius 3 is 3.00 bits per heavy atom. The van der Waals surface area contributed by atoms with Crippen molar-refractivity contribution in [3.63, 3.8) is 0 Å². The quantitative estimate of drug-likeness (QED) is 0.575. The zero-order valence-corrected chi connectivity index (χ0v) is 6.95. The third-order valence-electron chi connectivity index (χ3n) is 0.922. The highest BCUT2D eigenvalue weighted by Gasteiger charge is 2.02. The van der Waals surface area contributed by atoms with Crippen molar-refractivity contribution < 1.29 is 0 Å². The molecule has 0 unspecified atom stereocenters. The lowest BCUT2D eigenvalue weighted by Gasteiger charge is -1.98. The van der Waals surface area contributed by atoms with Gasteiger partial charge in [-0.1, -0.05) is 24.0 Å². The van der Waals surface area contributed by atoms with Crippen LogP contribution in [0.5, 0.6) is 0 Å². The van der Waals surface area contributed by atoms with Gasteiger partial charge in [-0.15, -0.1) is 0 Å². The first-order valence-electron chi connectivity index (χ1n) is 2.49. The van der Waals surface area contributed by atoms with Gasteiger partial charge in [0.15, 0.2) is 4.32 Å². The molecule has 0 atom stereocenters. The summed E-state index contributed by atoms with van der Waals surface area (Å²) in [7, 11) is 0. The minimum absolute atomic E-state index is 0.333. The molecule has 54 valence electrons. The molecule has 0 saturated heterocycles. The lowest BCUT2D eigenvalue weighted by molar-refractivity contribution is 0.974. The Hall–Kier alpha value is -0.620. The van der Waals surface area contributed by atoms with Gasteiger partial charge in [0.05, 0.1) is 0 Å².